The van der Waals surface area contributed by atoms with Crippen molar-refractivity contribution in [1.29, 1.82) is 0 Å². The molecule has 0 radical (unpaired) electrons. The number of ether oxygens (including phenoxy) is 1. The van der Waals surface area contributed by atoms with Crippen molar-refractivity contribution >= 4 is 15.9 Å². The Bertz CT molecular complexity index is 475. The third kappa shape index (κ3) is 3.15. The van der Waals surface area contributed by atoms with Gasteiger partial charge in [0.2, 0.25) is 15.9 Å². The maximum atomic E-state index is 12.3. The molecule has 2 aliphatic rings. The van der Waals surface area contributed by atoms with Crippen molar-refractivity contribution in [2.24, 2.45) is 11.8 Å². The van der Waals surface area contributed by atoms with Gasteiger partial charge in [0.1, 0.15) is 0 Å². The lowest BCUT2D eigenvalue weighted by molar-refractivity contribution is -0.135. The Hall–Kier alpha value is -0.660. The summed E-state index contributed by atoms with van der Waals surface area (Å²) in [6.45, 7) is 4.47. The minimum Gasteiger partial charge on any atom is -0.371 e. The number of hydrogen-bond acceptors (Lipinski definition) is 4. The van der Waals surface area contributed by atoms with Crippen LogP contribution in [0, 0.1) is 11.8 Å². The third-order valence-corrected chi connectivity index (χ3v) is 5.99. The summed E-state index contributed by atoms with van der Waals surface area (Å²) in [5.41, 5.74) is 0. The summed E-state index contributed by atoms with van der Waals surface area (Å²) in [7, 11) is 0.191. The Morgan fingerprint density at radius 3 is 2.55 bits per heavy atom. The highest BCUT2D eigenvalue weighted by molar-refractivity contribution is 7.89. The van der Waals surface area contributed by atoms with E-state index >= 15 is 0 Å². The molecule has 0 N–H and O–H groups in total. The van der Waals surface area contributed by atoms with Crippen molar-refractivity contribution in [2.75, 3.05) is 32.9 Å². The lowest BCUT2D eigenvalue weighted by Crippen LogP contribution is -2.48. The van der Waals surface area contributed by atoms with Crippen molar-refractivity contribution < 1.29 is 17.9 Å². The number of hydrogen-bond donors (Lipinski definition) is 0. The van der Waals surface area contributed by atoms with Crippen LogP contribution in [0.5, 0.6) is 0 Å². The number of nitrogens with zero attached hydrogens (tertiary/aromatic N) is 2. The van der Waals surface area contributed by atoms with E-state index < -0.39 is 10.0 Å². The van der Waals surface area contributed by atoms with Gasteiger partial charge in [-0.2, -0.15) is 4.31 Å². The van der Waals surface area contributed by atoms with E-state index in [-0.39, 0.29) is 35.7 Å². The lowest BCUT2D eigenvalue weighted by Gasteiger charge is -2.32. The van der Waals surface area contributed by atoms with Crippen LogP contribution in [0.2, 0.25) is 0 Å². The first-order chi connectivity index (χ1) is 9.20. The summed E-state index contributed by atoms with van der Waals surface area (Å²) in [4.78, 5) is 13.7. The van der Waals surface area contributed by atoms with Crippen LogP contribution in [0.3, 0.4) is 0 Å². The molecular weight excluding hydrogens is 280 g/mol. The predicted octanol–water partition coefficient (Wildman–Crippen LogP) is 0.150. The molecule has 0 aromatic carbocycles. The molecule has 0 aromatic heterocycles. The van der Waals surface area contributed by atoms with Gasteiger partial charge in [0.25, 0.3) is 0 Å². The number of sulfonamides is 1. The highest BCUT2D eigenvalue weighted by atomic mass is 32.2. The first-order valence-corrected chi connectivity index (χ1v) is 8.66. The van der Waals surface area contributed by atoms with E-state index in [0.29, 0.717) is 19.5 Å². The quantitative estimate of drug-likeness (QED) is 0.741. The largest absolute Gasteiger partial charge is 0.371 e. The smallest absolute Gasteiger partial charge is 0.227 e. The van der Waals surface area contributed by atoms with Crippen LogP contribution >= 0.6 is 0 Å². The lowest BCUT2D eigenvalue weighted by atomic mass is 9.99. The molecule has 0 unspecified atom stereocenters. The number of carbonyl (C=O) groups excluding carboxylic acids is 1. The molecular formula is C13H24N2O4S. The van der Waals surface area contributed by atoms with Gasteiger partial charge in [0.15, 0.2) is 0 Å². The molecule has 2 bridgehead atoms. The van der Waals surface area contributed by atoms with Gasteiger partial charge in [-0.25, -0.2) is 8.42 Å². The number of carbonyl (C=O) groups is 1. The third-order valence-electron chi connectivity index (χ3n) is 3.82. The Labute approximate surface area is 121 Å². The zero-order valence-corrected chi connectivity index (χ0v) is 13.4. The fourth-order valence-corrected chi connectivity index (χ4v) is 4.79. The van der Waals surface area contributed by atoms with E-state index in [1.807, 2.05) is 13.8 Å². The minimum atomic E-state index is -3.25. The molecule has 2 rings (SSSR count). The summed E-state index contributed by atoms with van der Waals surface area (Å²) < 4.78 is 31.9. The average Bonchev–Trinajstić information content (AvgIpc) is 2.61. The van der Waals surface area contributed by atoms with E-state index in [0.717, 1.165) is 0 Å². The Morgan fingerprint density at radius 1 is 1.35 bits per heavy atom. The Morgan fingerprint density at radius 2 is 2.00 bits per heavy atom. The highest BCUT2D eigenvalue weighted by Crippen LogP contribution is 2.34. The molecule has 6 nitrogen and oxygen atoms in total. The predicted molar refractivity (Wildman–Crippen MR) is 75.7 cm³/mol. The molecule has 7 heteroatoms. The molecule has 2 aliphatic heterocycles. The Kier molecular flexibility index (Phi) is 4.41. The van der Waals surface area contributed by atoms with Crippen LogP contribution in [0.15, 0.2) is 0 Å². The molecule has 20 heavy (non-hydrogen) atoms. The van der Waals surface area contributed by atoms with Crippen LogP contribution in [0.4, 0.5) is 0 Å². The summed E-state index contributed by atoms with van der Waals surface area (Å²) in [6, 6.07) is 0. The van der Waals surface area contributed by atoms with Crippen molar-refractivity contribution in [2.45, 2.75) is 32.5 Å². The van der Waals surface area contributed by atoms with Crippen LogP contribution < -0.4 is 0 Å². The first kappa shape index (κ1) is 15.7. The number of amides is 1. The van der Waals surface area contributed by atoms with Gasteiger partial charge in [0, 0.05) is 27.2 Å². The van der Waals surface area contributed by atoms with Gasteiger partial charge in [0.05, 0.1) is 23.9 Å². The summed E-state index contributed by atoms with van der Waals surface area (Å²) in [5.74, 6) is 0.0632. The topological polar surface area (TPSA) is 66.9 Å². The fraction of sp³-hybridized carbons (Fsp3) is 0.923. The second kappa shape index (κ2) is 5.61. The van der Waals surface area contributed by atoms with E-state index in [2.05, 4.69) is 0 Å². The zero-order chi connectivity index (χ0) is 15.1. The molecule has 2 fully saturated rings. The molecule has 0 aliphatic carbocycles. The standard InChI is InChI=1S/C13H24N2O4S/c1-9(2)8-20(17,18)15-6-10-5-11(12(7-15)19-10)13(16)14(3)4/h9-12H,5-8H2,1-4H3/t10-,11-,12-/m0/s1. The van der Waals surface area contributed by atoms with Crippen molar-refractivity contribution in [1.82, 2.24) is 9.21 Å². The van der Waals surface area contributed by atoms with Gasteiger partial charge in [-0.3, -0.25) is 4.79 Å². The number of fused-ring (bicyclic) bond motifs is 2. The first-order valence-electron chi connectivity index (χ1n) is 7.05. The maximum absolute atomic E-state index is 12.3. The van der Waals surface area contributed by atoms with Gasteiger partial charge < -0.3 is 9.64 Å². The summed E-state index contributed by atoms with van der Waals surface area (Å²) >= 11 is 0. The molecule has 0 saturated carbocycles. The number of rotatable bonds is 4. The van der Waals surface area contributed by atoms with E-state index in [4.69, 9.17) is 4.74 Å². The average molecular weight is 304 g/mol. The van der Waals surface area contributed by atoms with E-state index in [1.54, 1.807) is 19.0 Å². The fourth-order valence-electron chi connectivity index (χ4n) is 2.97. The monoisotopic (exact) mass is 304 g/mol. The molecule has 116 valence electrons. The summed E-state index contributed by atoms with van der Waals surface area (Å²) in [5, 5.41) is 0. The molecule has 1 amide bonds. The molecule has 0 aromatic rings. The van der Waals surface area contributed by atoms with Crippen LogP contribution in [0.1, 0.15) is 20.3 Å². The van der Waals surface area contributed by atoms with Gasteiger partial charge in [-0.1, -0.05) is 13.8 Å². The van der Waals surface area contributed by atoms with Crippen LogP contribution in [-0.4, -0.2) is 68.7 Å². The SMILES string of the molecule is CC(C)CS(=O)(=O)N1C[C@@H]2C[C@H](C(=O)N(C)C)[C@H](C1)O2. The molecule has 2 saturated heterocycles. The second-order valence-electron chi connectivity index (χ2n) is 6.36. The molecule has 3 atom stereocenters. The van der Waals surface area contributed by atoms with Crippen molar-refractivity contribution in [3.63, 3.8) is 0 Å². The maximum Gasteiger partial charge on any atom is 0.227 e. The van der Waals surface area contributed by atoms with Gasteiger partial charge in [-0.05, 0) is 12.3 Å². The normalized spacial score (nSPS) is 30.8. The van der Waals surface area contributed by atoms with Crippen molar-refractivity contribution in [3.05, 3.63) is 0 Å². The van der Waals surface area contributed by atoms with E-state index in [9.17, 15) is 13.2 Å². The minimum absolute atomic E-state index is 0.0283. The number of morpholine rings is 1. The molecule has 2 heterocycles. The molecule has 0 spiro atoms. The van der Waals surface area contributed by atoms with Crippen LogP contribution in [0.25, 0.3) is 0 Å². The Balaban J connectivity index is 2.09. The highest BCUT2D eigenvalue weighted by Gasteiger charge is 2.47. The van der Waals surface area contributed by atoms with Gasteiger partial charge >= 0.3 is 0 Å². The van der Waals surface area contributed by atoms with E-state index in [1.165, 1.54) is 4.31 Å². The summed E-state index contributed by atoms with van der Waals surface area (Å²) in [6.07, 6.45) is 0.172. The zero-order valence-electron chi connectivity index (χ0n) is 12.6. The second-order valence-corrected chi connectivity index (χ2v) is 8.37. The van der Waals surface area contributed by atoms with Gasteiger partial charge in [-0.15, -0.1) is 0 Å². The van der Waals surface area contributed by atoms with Crippen molar-refractivity contribution in [3.8, 4) is 0 Å². The van der Waals surface area contributed by atoms with Crippen LogP contribution in [-0.2, 0) is 19.6 Å².